The lowest BCUT2D eigenvalue weighted by molar-refractivity contribution is -0.142. The normalized spacial score (nSPS) is 11.9. The maximum Gasteiger partial charge on any atom is 0.435 e. The van der Waals surface area contributed by atoms with Gasteiger partial charge in [0, 0.05) is 18.4 Å². The molecule has 22 heavy (non-hydrogen) atoms. The van der Waals surface area contributed by atoms with E-state index in [1.807, 2.05) is 0 Å². The Labute approximate surface area is 125 Å². The maximum absolute atomic E-state index is 13.0. The summed E-state index contributed by atoms with van der Waals surface area (Å²) in [6.45, 7) is -0.0232. The number of hydrogen-bond donors (Lipinski definition) is 2. The minimum atomic E-state index is -4.50. The number of aliphatic hydroxyl groups excluding tert-OH is 2. The molecule has 0 saturated carbocycles. The van der Waals surface area contributed by atoms with Gasteiger partial charge >= 0.3 is 6.18 Å². The van der Waals surface area contributed by atoms with Gasteiger partial charge in [0.1, 0.15) is 0 Å². The van der Waals surface area contributed by atoms with Gasteiger partial charge in [0.15, 0.2) is 5.69 Å². The van der Waals surface area contributed by atoms with Crippen molar-refractivity contribution < 1.29 is 23.4 Å². The van der Waals surface area contributed by atoms with Crippen molar-refractivity contribution in [2.45, 2.75) is 32.2 Å². The van der Waals surface area contributed by atoms with Crippen LogP contribution in [0.25, 0.3) is 0 Å². The number of nitrogens with zero attached hydrogens (tertiary/aromatic N) is 2. The molecule has 2 rings (SSSR count). The fraction of sp³-hybridized carbons (Fsp3) is 0.400. The molecule has 0 fully saturated rings. The fourth-order valence-corrected chi connectivity index (χ4v) is 2.17. The van der Waals surface area contributed by atoms with Crippen molar-refractivity contribution in [3.05, 3.63) is 52.8 Å². The Morgan fingerprint density at radius 3 is 2.23 bits per heavy atom. The molecule has 0 aliphatic carbocycles. The molecule has 120 valence electrons. The molecule has 0 spiro atoms. The Kier molecular flexibility index (Phi) is 5.20. The molecule has 0 saturated heterocycles. The molecule has 2 aromatic rings. The predicted molar refractivity (Wildman–Crippen MR) is 74.1 cm³/mol. The summed E-state index contributed by atoms with van der Waals surface area (Å²) in [4.78, 5) is 0. The van der Waals surface area contributed by atoms with E-state index in [2.05, 4.69) is 5.10 Å². The van der Waals surface area contributed by atoms with Gasteiger partial charge in [0.25, 0.3) is 0 Å². The summed E-state index contributed by atoms with van der Waals surface area (Å²) in [5.74, 6) is 0. The van der Waals surface area contributed by atoms with Crippen LogP contribution in [-0.4, -0.2) is 26.6 Å². The summed E-state index contributed by atoms with van der Waals surface area (Å²) >= 11 is 0. The molecule has 1 heterocycles. The first kappa shape index (κ1) is 16.5. The quantitative estimate of drug-likeness (QED) is 0.860. The lowest BCUT2D eigenvalue weighted by Crippen LogP contribution is -2.10. The molecule has 0 atom stereocenters. The monoisotopic (exact) mass is 314 g/mol. The maximum atomic E-state index is 13.0. The summed E-state index contributed by atoms with van der Waals surface area (Å²) in [5.41, 5.74) is 0.729. The number of halogens is 3. The topological polar surface area (TPSA) is 58.3 Å². The smallest absolute Gasteiger partial charge is 0.396 e. The van der Waals surface area contributed by atoms with Crippen LogP contribution in [0, 0.1) is 0 Å². The number of aromatic nitrogens is 2. The second-order valence-electron chi connectivity index (χ2n) is 5.00. The third-order valence-electron chi connectivity index (χ3n) is 3.26. The summed E-state index contributed by atoms with van der Waals surface area (Å²) in [6, 6.07) is 6.92. The van der Waals surface area contributed by atoms with E-state index in [0.29, 0.717) is 0 Å². The first-order chi connectivity index (χ1) is 10.4. The number of aryl methyl sites for hydroxylation is 1. The lowest BCUT2D eigenvalue weighted by atomic mass is 10.1. The third kappa shape index (κ3) is 4.08. The summed E-state index contributed by atoms with van der Waals surface area (Å²) in [7, 11) is 0. The average molecular weight is 314 g/mol. The molecule has 1 aromatic carbocycles. The zero-order chi connectivity index (χ0) is 16.2. The molecule has 0 bridgehead atoms. The zero-order valence-electron chi connectivity index (χ0n) is 11.8. The Bertz CT molecular complexity index is 606. The number of aliphatic hydroxyl groups is 2. The van der Waals surface area contributed by atoms with Gasteiger partial charge in [0.2, 0.25) is 0 Å². The van der Waals surface area contributed by atoms with Crippen molar-refractivity contribution in [1.29, 1.82) is 0 Å². The first-order valence-electron chi connectivity index (χ1n) is 6.87. The van der Waals surface area contributed by atoms with Crippen LogP contribution in [0.1, 0.15) is 28.8 Å². The van der Waals surface area contributed by atoms with Crippen molar-refractivity contribution in [2.24, 2.45) is 0 Å². The van der Waals surface area contributed by atoms with Crippen LogP contribution in [-0.2, 0) is 25.7 Å². The summed E-state index contributed by atoms with van der Waals surface area (Å²) < 4.78 is 40.1. The molecule has 0 amide bonds. The van der Waals surface area contributed by atoms with Crippen LogP contribution < -0.4 is 0 Å². The van der Waals surface area contributed by atoms with Crippen LogP contribution in [0.4, 0.5) is 13.2 Å². The largest absolute Gasteiger partial charge is 0.435 e. The summed E-state index contributed by atoms with van der Waals surface area (Å²) in [6.07, 6.45) is -2.73. The van der Waals surface area contributed by atoms with Crippen molar-refractivity contribution in [1.82, 2.24) is 9.78 Å². The molecular formula is C15H17F3N2O2. The number of hydrogen-bond acceptors (Lipinski definition) is 3. The predicted octanol–water partition coefficient (Wildman–Crippen LogP) is 2.37. The highest BCUT2D eigenvalue weighted by molar-refractivity contribution is 5.24. The van der Waals surface area contributed by atoms with E-state index in [0.717, 1.165) is 11.1 Å². The van der Waals surface area contributed by atoms with Crippen LogP contribution >= 0.6 is 0 Å². The van der Waals surface area contributed by atoms with Gasteiger partial charge < -0.3 is 10.2 Å². The molecule has 0 aliphatic rings. The zero-order valence-corrected chi connectivity index (χ0v) is 11.8. The van der Waals surface area contributed by atoms with Crippen molar-refractivity contribution in [3.63, 3.8) is 0 Å². The van der Waals surface area contributed by atoms with Gasteiger partial charge in [-0.25, -0.2) is 0 Å². The van der Waals surface area contributed by atoms with Gasteiger partial charge in [0.05, 0.1) is 13.2 Å². The Balaban J connectivity index is 2.21. The van der Waals surface area contributed by atoms with Gasteiger partial charge in [-0.05, 0) is 24.0 Å². The number of alkyl halides is 3. The van der Waals surface area contributed by atoms with Crippen molar-refractivity contribution in [3.8, 4) is 0 Å². The van der Waals surface area contributed by atoms with Crippen LogP contribution in [0.5, 0.6) is 0 Å². The van der Waals surface area contributed by atoms with Gasteiger partial charge in [-0.15, -0.1) is 0 Å². The standard InChI is InChI=1S/C15H17F3N2O2/c16-15(17,18)14-13(2-1-7-21)9-20(19-14)8-11-3-5-12(10-22)6-4-11/h3-6,9,21-22H,1-2,7-8,10H2. The number of rotatable bonds is 6. The molecule has 0 aliphatic heterocycles. The second-order valence-corrected chi connectivity index (χ2v) is 5.00. The third-order valence-corrected chi connectivity index (χ3v) is 3.26. The van der Waals surface area contributed by atoms with Gasteiger partial charge in [-0.3, -0.25) is 4.68 Å². The lowest BCUT2D eigenvalue weighted by Gasteiger charge is -2.05. The fourth-order valence-electron chi connectivity index (χ4n) is 2.17. The summed E-state index contributed by atoms with van der Waals surface area (Å²) in [5, 5.41) is 21.4. The average Bonchev–Trinajstić information content (AvgIpc) is 2.89. The van der Waals surface area contributed by atoms with E-state index in [1.165, 1.54) is 10.9 Å². The minimum Gasteiger partial charge on any atom is -0.396 e. The van der Waals surface area contributed by atoms with Crippen molar-refractivity contribution >= 4 is 0 Å². The Morgan fingerprint density at radius 2 is 1.68 bits per heavy atom. The highest BCUT2D eigenvalue weighted by atomic mass is 19.4. The van der Waals surface area contributed by atoms with E-state index >= 15 is 0 Å². The van der Waals surface area contributed by atoms with E-state index < -0.39 is 11.9 Å². The number of benzene rings is 1. The van der Waals surface area contributed by atoms with Crippen LogP contribution in [0.15, 0.2) is 30.5 Å². The molecule has 4 nitrogen and oxygen atoms in total. The molecular weight excluding hydrogens is 297 g/mol. The molecule has 0 radical (unpaired) electrons. The van der Waals surface area contributed by atoms with Gasteiger partial charge in [-0.1, -0.05) is 24.3 Å². The highest BCUT2D eigenvalue weighted by Crippen LogP contribution is 2.31. The Hall–Kier alpha value is -1.86. The molecule has 0 unspecified atom stereocenters. The highest BCUT2D eigenvalue weighted by Gasteiger charge is 2.36. The van der Waals surface area contributed by atoms with Gasteiger partial charge in [-0.2, -0.15) is 18.3 Å². The van der Waals surface area contributed by atoms with Crippen LogP contribution in [0.3, 0.4) is 0 Å². The second kappa shape index (κ2) is 6.93. The molecule has 7 heteroatoms. The SMILES string of the molecule is OCCCc1cn(Cc2ccc(CO)cc2)nc1C(F)(F)F. The van der Waals surface area contributed by atoms with Crippen LogP contribution in [0.2, 0.25) is 0 Å². The van der Waals surface area contributed by atoms with Crippen molar-refractivity contribution in [2.75, 3.05) is 6.61 Å². The Morgan fingerprint density at radius 1 is 1.05 bits per heavy atom. The minimum absolute atomic E-state index is 0.0778. The van der Waals surface area contributed by atoms with E-state index in [9.17, 15) is 13.2 Å². The molecule has 1 aromatic heterocycles. The van der Waals surface area contributed by atoms with E-state index in [1.54, 1.807) is 24.3 Å². The first-order valence-corrected chi connectivity index (χ1v) is 6.87. The van der Waals surface area contributed by atoms with E-state index in [4.69, 9.17) is 10.2 Å². The molecule has 2 N–H and O–H groups in total. The van der Waals surface area contributed by atoms with E-state index in [-0.39, 0.29) is 38.2 Å².